The van der Waals surface area contributed by atoms with Gasteiger partial charge in [-0.25, -0.2) is 0 Å². The predicted octanol–water partition coefficient (Wildman–Crippen LogP) is 1.88. The average molecular weight is 240 g/mol. The maximum atomic E-state index is 5.38. The molecule has 1 heterocycles. The van der Waals surface area contributed by atoms with Crippen molar-refractivity contribution in [2.75, 3.05) is 33.4 Å². The van der Waals surface area contributed by atoms with Crippen LogP contribution in [0.1, 0.15) is 39.0 Å². The van der Waals surface area contributed by atoms with Gasteiger partial charge in [0, 0.05) is 32.3 Å². The summed E-state index contributed by atoms with van der Waals surface area (Å²) in [5, 5.41) is 3.62. The lowest BCUT2D eigenvalue weighted by atomic mass is 10.1. The third kappa shape index (κ3) is 4.23. The lowest BCUT2D eigenvalue weighted by Gasteiger charge is -2.33. The Morgan fingerprint density at radius 2 is 2.12 bits per heavy atom. The molecule has 0 aromatic heterocycles. The second-order valence-corrected chi connectivity index (χ2v) is 5.71. The number of methoxy groups -OCH3 is 1. The van der Waals surface area contributed by atoms with E-state index in [2.05, 4.69) is 17.1 Å². The van der Waals surface area contributed by atoms with Gasteiger partial charge in [0.25, 0.3) is 0 Å². The molecule has 2 atom stereocenters. The molecule has 1 aliphatic carbocycles. The molecule has 2 aliphatic rings. The Bertz CT molecular complexity index is 212. The van der Waals surface area contributed by atoms with E-state index in [1.807, 2.05) is 7.11 Å². The normalized spacial score (nSPS) is 26.6. The second-order valence-electron chi connectivity index (χ2n) is 5.71. The molecule has 100 valence electrons. The highest BCUT2D eigenvalue weighted by molar-refractivity contribution is 4.85. The number of nitrogens with zero attached hydrogens (tertiary/aromatic N) is 1. The summed E-state index contributed by atoms with van der Waals surface area (Å²) in [7, 11) is 1.83. The largest absolute Gasteiger partial charge is 0.383 e. The second kappa shape index (κ2) is 6.72. The highest BCUT2D eigenvalue weighted by Crippen LogP contribution is 2.31. The summed E-state index contributed by atoms with van der Waals surface area (Å²) >= 11 is 0. The van der Waals surface area contributed by atoms with Crippen LogP contribution < -0.4 is 5.32 Å². The minimum Gasteiger partial charge on any atom is -0.383 e. The van der Waals surface area contributed by atoms with Gasteiger partial charge in [-0.05, 0) is 44.6 Å². The summed E-state index contributed by atoms with van der Waals surface area (Å²) in [5.74, 6) is 0.974. The monoisotopic (exact) mass is 240 g/mol. The van der Waals surface area contributed by atoms with Gasteiger partial charge in [0.15, 0.2) is 0 Å². The van der Waals surface area contributed by atoms with E-state index in [9.17, 15) is 0 Å². The lowest BCUT2D eigenvalue weighted by molar-refractivity contribution is 0.0786. The van der Waals surface area contributed by atoms with Crippen molar-refractivity contribution in [2.45, 2.75) is 51.1 Å². The number of hydrogen-bond acceptors (Lipinski definition) is 3. The molecule has 1 saturated carbocycles. The Balaban J connectivity index is 1.84. The Labute approximate surface area is 106 Å². The minimum absolute atomic E-state index is 0.614. The molecule has 2 fully saturated rings. The van der Waals surface area contributed by atoms with Gasteiger partial charge in [-0.3, -0.25) is 4.90 Å². The van der Waals surface area contributed by atoms with E-state index in [0.717, 1.165) is 18.6 Å². The Kier molecular flexibility index (Phi) is 5.26. The van der Waals surface area contributed by atoms with Crippen LogP contribution in [0, 0.1) is 5.92 Å². The van der Waals surface area contributed by atoms with Gasteiger partial charge in [-0.15, -0.1) is 0 Å². The summed E-state index contributed by atoms with van der Waals surface area (Å²) in [6.07, 6.45) is 6.79. The van der Waals surface area contributed by atoms with Crippen LogP contribution in [0.4, 0.5) is 0 Å². The van der Waals surface area contributed by atoms with Crippen LogP contribution in [0.25, 0.3) is 0 Å². The zero-order valence-electron chi connectivity index (χ0n) is 11.5. The SMILES string of the molecule is CCC(COC)N(CC1CC1)CC1CCCN1. The van der Waals surface area contributed by atoms with Gasteiger partial charge in [0.05, 0.1) is 6.61 Å². The molecule has 0 amide bonds. The van der Waals surface area contributed by atoms with Gasteiger partial charge in [0.1, 0.15) is 0 Å². The molecule has 2 unspecified atom stereocenters. The Morgan fingerprint density at radius 3 is 2.65 bits per heavy atom. The Morgan fingerprint density at radius 1 is 1.29 bits per heavy atom. The van der Waals surface area contributed by atoms with Crippen molar-refractivity contribution in [3.63, 3.8) is 0 Å². The van der Waals surface area contributed by atoms with E-state index >= 15 is 0 Å². The fraction of sp³-hybridized carbons (Fsp3) is 1.00. The molecule has 3 nitrogen and oxygen atoms in total. The zero-order chi connectivity index (χ0) is 12.1. The number of hydrogen-bond donors (Lipinski definition) is 1. The molecule has 3 heteroatoms. The lowest BCUT2D eigenvalue weighted by Crippen LogP contribution is -2.46. The average Bonchev–Trinajstić information content (AvgIpc) is 3.00. The predicted molar refractivity (Wildman–Crippen MR) is 71.3 cm³/mol. The Hall–Kier alpha value is -0.120. The quantitative estimate of drug-likeness (QED) is 0.701. The van der Waals surface area contributed by atoms with E-state index in [0.29, 0.717) is 6.04 Å². The van der Waals surface area contributed by atoms with Gasteiger partial charge >= 0.3 is 0 Å². The molecular weight excluding hydrogens is 212 g/mol. The van der Waals surface area contributed by atoms with Crippen molar-refractivity contribution in [1.29, 1.82) is 0 Å². The molecule has 17 heavy (non-hydrogen) atoms. The summed E-state index contributed by atoms with van der Waals surface area (Å²) in [5.41, 5.74) is 0. The highest BCUT2D eigenvalue weighted by Gasteiger charge is 2.29. The van der Waals surface area contributed by atoms with Crippen LogP contribution in [0.5, 0.6) is 0 Å². The van der Waals surface area contributed by atoms with Gasteiger partial charge in [-0.2, -0.15) is 0 Å². The van der Waals surface area contributed by atoms with Crippen molar-refractivity contribution in [2.24, 2.45) is 5.92 Å². The summed E-state index contributed by atoms with van der Waals surface area (Å²) in [4.78, 5) is 2.68. The van der Waals surface area contributed by atoms with E-state index in [1.165, 1.54) is 51.7 Å². The molecule has 1 N–H and O–H groups in total. The van der Waals surface area contributed by atoms with Gasteiger partial charge < -0.3 is 10.1 Å². The first kappa shape index (κ1) is 13.3. The van der Waals surface area contributed by atoms with Crippen LogP contribution in [0.3, 0.4) is 0 Å². The summed E-state index contributed by atoms with van der Waals surface area (Å²) in [6.45, 7) is 6.89. The molecular formula is C14H28N2O. The molecule has 0 aromatic carbocycles. The van der Waals surface area contributed by atoms with Crippen LogP contribution in [-0.4, -0.2) is 50.3 Å². The molecule has 0 radical (unpaired) electrons. The van der Waals surface area contributed by atoms with Crippen molar-refractivity contribution in [3.8, 4) is 0 Å². The van der Waals surface area contributed by atoms with Crippen LogP contribution in [0.2, 0.25) is 0 Å². The van der Waals surface area contributed by atoms with Crippen molar-refractivity contribution >= 4 is 0 Å². The molecule has 1 aliphatic heterocycles. The molecule has 2 rings (SSSR count). The molecule has 0 bridgehead atoms. The van der Waals surface area contributed by atoms with E-state index in [4.69, 9.17) is 4.74 Å². The van der Waals surface area contributed by atoms with Crippen LogP contribution in [0.15, 0.2) is 0 Å². The fourth-order valence-corrected chi connectivity index (χ4v) is 2.87. The van der Waals surface area contributed by atoms with Crippen molar-refractivity contribution in [3.05, 3.63) is 0 Å². The van der Waals surface area contributed by atoms with E-state index in [-0.39, 0.29) is 0 Å². The maximum absolute atomic E-state index is 5.38. The maximum Gasteiger partial charge on any atom is 0.0617 e. The number of nitrogens with one attached hydrogen (secondary N) is 1. The smallest absolute Gasteiger partial charge is 0.0617 e. The van der Waals surface area contributed by atoms with Crippen LogP contribution >= 0.6 is 0 Å². The van der Waals surface area contributed by atoms with Gasteiger partial charge in [0.2, 0.25) is 0 Å². The first-order chi connectivity index (χ1) is 8.33. The van der Waals surface area contributed by atoms with Crippen LogP contribution in [-0.2, 0) is 4.74 Å². The summed E-state index contributed by atoms with van der Waals surface area (Å²) < 4.78 is 5.38. The number of ether oxygens (including phenoxy) is 1. The molecule has 0 aromatic rings. The first-order valence-corrected chi connectivity index (χ1v) is 7.29. The van der Waals surface area contributed by atoms with Gasteiger partial charge in [-0.1, -0.05) is 6.92 Å². The zero-order valence-corrected chi connectivity index (χ0v) is 11.5. The summed E-state index contributed by atoms with van der Waals surface area (Å²) in [6, 6.07) is 1.34. The van der Waals surface area contributed by atoms with E-state index < -0.39 is 0 Å². The standard InChI is InChI=1S/C14H28N2O/c1-3-14(11-17-2)16(9-12-6-7-12)10-13-5-4-8-15-13/h12-15H,3-11H2,1-2H3. The number of rotatable bonds is 8. The molecule has 1 saturated heterocycles. The molecule has 0 spiro atoms. The van der Waals surface area contributed by atoms with Crippen molar-refractivity contribution in [1.82, 2.24) is 10.2 Å². The topological polar surface area (TPSA) is 24.5 Å². The third-order valence-corrected chi connectivity index (χ3v) is 4.15. The third-order valence-electron chi connectivity index (χ3n) is 4.15. The van der Waals surface area contributed by atoms with Crippen molar-refractivity contribution < 1.29 is 4.74 Å². The highest BCUT2D eigenvalue weighted by atomic mass is 16.5. The minimum atomic E-state index is 0.614. The fourth-order valence-electron chi connectivity index (χ4n) is 2.87. The van der Waals surface area contributed by atoms with E-state index in [1.54, 1.807) is 0 Å². The first-order valence-electron chi connectivity index (χ1n) is 7.29.